The fourth-order valence-electron chi connectivity index (χ4n) is 8.11. The van der Waals surface area contributed by atoms with Gasteiger partial charge in [0.2, 0.25) is 10.0 Å². The molecule has 0 spiro atoms. The number of fused-ring (bicyclic) bond motifs is 2. The van der Waals surface area contributed by atoms with E-state index >= 15 is 0 Å². The van der Waals surface area contributed by atoms with Crippen molar-refractivity contribution in [2.75, 3.05) is 45.8 Å². The minimum Gasteiger partial charge on any atom is -0.392 e. The maximum absolute atomic E-state index is 14.0. The maximum Gasteiger partial charge on any atom is 0.248 e. The van der Waals surface area contributed by atoms with E-state index in [0.717, 1.165) is 50.2 Å². The van der Waals surface area contributed by atoms with Crippen LogP contribution in [0.3, 0.4) is 0 Å². The second kappa shape index (κ2) is 10.9. The van der Waals surface area contributed by atoms with E-state index in [2.05, 4.69) is 51.1 Å². The molecule has 4 aliphatic heterocycles. The summed E-state index contributed by atoms with van der Waals surface area (Å²) in [5.41, 5.74) is 1.89. The van der Waals surface area contributed by atoms with Gasteiger partial charge in [0.25, 0.3) is 0 Å². The molecule has 0 bridgehead atoms. The molecule has 0 radical (unpaired) electrons. The van der Waals surface area contributed by atoms with Crippen molar-refractivity contribution in [1.29, 1.82) is 0 Å². The van der Waals surface area contributed by atoms with Gasteiger partial charge >= 0.3 is 0 Å². The molecule has 1 unspecified atom stereocenters. The van der Waals surface area contributed by atoms with Crippen molar-refractivity contribution in [3.63, 3.8) is 0 Å². The number of thioether (sulfide) groups is 1. The van der Waals surface area contributed by atoms with Crippen LogP contribution in [0.4, 0.5) is 4.39 Å². The predicted octanol–water partition coefficient (Wildman–Crippen LogP) is 3.30. The fraction of sp³-hybridized carbons (Fsp3) is 0.645. The highest BCUT2D eigenvalue weighted by molar-refractivity contribution is 8.18. The highest BCUT2D eigenvalue weighted by Crippen LogP contribution is 2.68. The van der Waals surface area contributed by atoms with Crippen LogP contribution in [0.5, 0.6) is 0 Å². The zero-order valence-electron chi connectivity index (χ0n) is 25.3. The van der Waals surface area contributed by atoms with Gasteiger partial charge in [-0.25, -0.2) is 17.8 Å². The molecule has 7 rings (SSSR count). The van der Waals surface area contributed by atoms with Gasteiger partial charge in [-0.15, -0.1) is 0 Å². The van der Waals surface area contributed by atoms with E-state index in [0.29, 0.717) is 49.0 Å². The third kappa shape index (κ3) is 5.01. The third-order valence-corrected chi connectivity index (χ3v) is 14.9. The Kier molecular flexibility index (Phi) is 7.59. The van der Waals surface area contributed by atoms with Crippen LogP contribution < -0.4 is 0 Å². The first kappa shape index (κ1) is 29.9. The van der Waals surface area contributed by atoms with Crippen molar-refractivity contribution >= 4 is 21.8 Å². The molecular weight excluding hydrogens is 588 g/mol. The number of imidazole rings is 1. The predicted molar refractivity (Wildman–Crippen MR) is 166 cm³/mol. The van der Waals surface area contributed by atoms with Gasteiger partial charge in [0.1, 0.15) is 10.1 Å². The smallest absolute Gasteiger partial charge is 0.248 e. The molecule has 1 N–H and O–H groups in total. The topological polar surface area (TPSA) is 85.2 Å². The van der Waals surface area contributed by atoms with Gasteiger partial charge in [0.15, 0.2) is 0 Å². The summed E-state index contributed by atoms with van der Waals surface area (Å²) in [4.78, 5) is 11.4. The standard InChI is InChI=1S/C31H43FN6O3S2/c1-22-17-35-20-28(39)14-26(35)19-38(22)31-9-8-30(31,3)15-29(42-31)43(40,41)36-12-10-34(11-13-36)18-27-16-33-21-37(27)23(2)24-4-6-25(32)7-5-24/h4-7,15-16,21-23,26,28,39H,8-14,17-20H2,1-3H3/t22-,23+,26-,28+,30?,31+/m0/s1. The molecule has 9 nitrogen and oxygen atoms in total. The van der Waals surface area contributed by atoms with E-state index in [4.69, 9.17) is 0 Å². The normalized spacial score (nSPS) is 34.9. The van der Waals surface area contributed by atoms with E-state index in [1.807, 2.05) is 12.5 Å². The molecule has 4 fully saturated rings. The number of hydrogen-bond donors (Lipinski definition) is 1. The van der Waals surface area contributed by atoms with Crippen molar-refractivity contribution in [3.8, 4) is 0 Å². The lowest BCUT2D eigenvalue weighted by atomic mass is 9.64. The summed E-state index contributed by atoms with van der Waals surface area (Å²) >= 11 is 1.59. The summed E-state index contributed by atoms with van der Waals surface area (Å²) in [6.07, 6.45) is 8.28. The van der Waals surface area contributed by atoms with Crippen molar-refractivity contribution in [3.05, 3.63) is 64.2 Å². The average Bonchev–Trinajstić information content (AvgIpc) is 3.64. The van der Waals surface area contributed by atoms with Gasteiger partial charge in [0.05, 0.1) is 29.0 Å². The van der Waals surface area contributed by atoms with Gasteiger partial charge in [-0.3, -0.25) is 14.7 Å². The van der Waals surface area contributed by atoms with Crippen molar-refractivity contribution in [2.45, 2.75) is 75.7 Å². The highest BCUT2D eigenvalue weighted by Gasteiger charge is 2.65. The van der Waals surface area contributed by atoms with E-state index < -0.39 is 10.0 Å². The van der Waals surface area contributed by atoms with Crippen LogP contribution >= 0.6 is 11.8 Å². The van der Waals surface area contributed by atoms with Crippen LogP contribution in [-0.4, -0.2) is 111 Å². The van der Waals surface area contributed by atoms with Crippen LogP contribution in [0.1, 0.15) is 57.3 Å². The molecule has 1 aromatic carbocycles. The second-order valence-corrected chi connectivity index (χ2v) is 17.0. The third-order valence-electron chi connectivity index (χ3n) is 10.8. The fourth-order valence-corrected chi connectivity index (χ4v) is 12.2. The molecule has 234 valence electrons. The number of nitrogens with zero attached hydrogens (tertiary/aromatic N) is 6. The van der Waals surface area contributed by atoms with Gasteiger partial charge < -0.3 is 9.67 Å². The number of piperazine rings is 2. The van der Waals surface area contributed by atoms with Crippen molar-refractivity contribution in [2.24, 2.45) is 5.41 Å². The number of rotatable bonds is 7. The minimum atomic E-state index is -3.59. The van der Waals surface area contributed by atoms with Crippen LogP contribution in [-0.2, 0) is 16.6 Å². The lowest BCUT2D eigenvalue weighted by Gasteiger charge is -2.62. The Bertz CT molecular complexity index is 1490. The maximum atomic E-state index is 14.0. The van der Waals surface area contributed by atoms with Crippen molar-refractivity contribution < 1.29 is 17.9 Å². The molecule has 1 saturated carbocycles. The Hall–Kier alpha value is -1.80. The number of aliphatic hydroxyl groups is 1. The Labute approximate surface area is 258 Å². The van der Waals surface area contributed by atoms with Crippen LogP contribution in [0.25, 0.3) is 0 Å². The van der Waals surface area contributed by atoms with Gasteiger partial charge in [-0.05, 0) is 56.9 Å². The van der Waals surface area contributed by atoms with Crippen LogP contribution in [0.2, 0.25) is 0 Å². The molecule has 12 heteroatoms. The zero-order valence-corrected chi connectivity index (χ0v) is 26.9. The van der Waals surface area contributed by atoms with Crippen LogP contribution in [0, 0.1) is 11.2 Å². The summed E-state index contributed by atoms with van der Waals surface area (Å²) in [5.74, 6) is -0.250. The average molecular weight is 631 g/mol. The molecule has 5 heterocycles. The first-order valence-corrected chi connectivity index (χ1v) is 17.8. The number of benzene rings is 1. The number of aromatic nitrogens is 2. The first-order valence-electron chi connectivity index (χ1n) is 15.6. The largest absolute Gasteiger partial charge is 0.392 e. The monoisotopic (exact) mass is 630 g/mol. The van der Waals surface area contributed by atoms with Gasteiger partial charge in [-0.2, -0.15) is 4.31 Å². The number of aliphatic hydroxyl groups excluding tert-OH is 1. The number of sulfonamides is 1. The summed E-state index contributed by atoms with van der Waals surface area (Å²) < 4.78 is 45.8. The van der Waals surface area contributed by atoms with E-state index in [9.17, 15) is 17.9 Å². The second-order valence-electron chi connectivity index (χ2n) is 13.5. The summed E-state index contributed by atoms with van der Waals surface area (Å²) in [5, 5.41) is 10.3. The number of halogens is 1. The summed E-state index contributed by atoms with van der Waals surface area (Å²) in [6.45, 7) is 12.0. The van der Waals surface area contributed by atoms with E-state index in [1.165, 1.54) is 12.1 Å². The summed E-state index contributed by atoms with van der Waals surface area (Å²) in [6, 6.07) is 7.24. The summed E-state index contributed by atoms with van der Waals surface area (Å²) in [7, 11) is -3.59. The zero-order chi connectivity index (χ0) is 30.1. The van der Waals surface area contributed by atoms with Crippen molar-refractivity contribution in [1.82, 2.24) is 28.6 Å². The highest BCUT2D eigenvalue weighted by atomic mass is 32.3. The molecule has 2 aromatic rings. The first-order chi connectivity index (χ1) is 20.5. The van der Waals surface area contributed by atoms with E-state index in [1.54, 1.807) is 28.2 Å². The van der Waals surface area contributed by atoms with E-state index in [-0.39, 0.29) is 28.2 Å². The molecule has 43 heavy (non-hydrogen) atoms. The lowest BCUT2D eigenvalue weighted by molar-refractivity contribution is -0.0694. The SMILES string of the molecule is C[C@H](c1ccc(F)cc1)n1cncc1CN1CCN(S(=O)(=O)C2=CC3(C)CC[C@@]3(N3C[C@@H]4C[C@@H](O)CN4C[C@@H]3C)S2)CC1. The molecule has 0 amide bonds. The molecule has 1 aliphatic carbocycles. The molecule has 3 saturated heterocycles. The molecule has 1 aromatic heterocycles. The molecule has 6 atom stereocenters. The van der Waals surface area contributed by atoms with Gasteiger partial charge in [-0.1, -0.05) is 30.8 Å². The van der Waals surface area contributed by atoms with Gasteiger partial charge in [0, 0.05) is 76.1 Å². The Morgan fingerprint density at radius 3 is 2.56 bits per heavy atom. The molecular formula is C31H43FN6O3S2. The molecule has 5 aliphatic rings. The van der Waals surface area contributed by atoms with Crippen LogP contribution in [0.15, 0.2) is 47.1 Å². The number of hydrogen-bond acceptors (Lipinski definition) is 8. The Morgan fingerprint density at radius 2 is 1.86 bits per heavy atom. The Morgan fingerprint density at radius 1 is 1.12 bits per heavy atom. The lowest BCUT2D eigenvalue weighted by Crippen LogP contribution is -2.69. The Balaban J connectivity index is 1.00. The minimum absolute atomic E-state index is 0.0135. The quantitative estimate of drug-likeness (QED) is 0.499.